The highest BCUT2D eigenvalue weighted by Crippen LogP contribution is 2.20. The molecule has 8 nitrogen and oxygen atoms in total. The van der Waals surface area contributed by atoms with E-state index in [1.807, 2.05) is 43.5 Å². The summed E-state index contributed by atoms with van der Waals surface area (Å²) in [6, 6.07) is 12.9. The van der Waals surface area contributed by atoms with Gasteiger partial charge in [-0.15, -0.1) is 10.2 Å². The van der Waals surface area contributed by atoms with Crippen LogP contribution in [0.1, 0.15) is 34.2 Å². The largest absolute Gasteiger partial charge is 0.497 e. The Labute approximate surface area is 198 Å². The summed E-state index contributed by atoms with van der Waals surface area (Å²) in [6.45, 7) is 7.11. The zero-order chi connectivity index (χ0) is 23.8. The van der Waals surface area contributed by atoms with E-state index in [0.717, 1.165) is 22.6 Å². The standard InChI is InChI=1S/C24H29N5O3S/c1-5-29-21(12-13-25-23(31)18-7-9-19(32-4)10-8-18)27-28-24(29)33-15-22(30)26-20-11-6-16(2)14-17(20)3/h6-11,14H,5,12-13,15H2,1-4H3,(H,25,31)(H,26,30). The number of carbonyl (C=O) groups is 2. The molecule has 1 aromatic heterocycles. The van der Waals surface area contributed by atoms with Crippen molar-refractivity contribution in [2.75, 3.05) is 24.7 Å². The van der Waals surface area contributed by atoms with E-state index >= 15 is 0 Å². The first kappa shape index (κ1) is 24.3. The summed E-state index contributed by atoms with van der Waals surface area (Å²) in [5.41, 5.74) is 3.57. The van der Waals surface area contributed by atoms with Crippen LogP contribution in [0.5, 0.6) is 5.75 Å². The van der Waals surface area contributed by atoms with E-state index in [2.05, 4.69) is 20.8 Å². The van der Waals surface area contributed by atoms with Crippen LogP contribution < -0.4 is 15.4 Å². The van der Waals surface area contributed by atoms with E-state index in [4.69, 9.17) is 4.74 Å². The number of thioether (sulfide) groups is 1. The van der Waals surface area contributed by atoms with Crippen molar-refractivity contribution in [1.82, 2.24) is 20.1 Å². The normalized spacial score (nSPS) is 10.7. The molecule has 0 aliphatic heterocycles. The monoisotopic (exact) mass is 467 g/mol. The van der Waals surface area contributed by atoms with Gasteiger partial charge in [0.2, 0.25) is 5.91 Å². The Morgan fingerprint density at radius 2 is 1.85 bits per heavy atom. The maximum atomic E-state index is 12.4. The zero-order valence-corrected chi connectivity index (χ0v) is 20.2. The smallest absolute Gasteiger partial charge is 0.251 e. The van der Waals surface area contributed by atoms with Crippen LogP contribution in [0.25, 0.3) is 0 Å². The molecular weight excluding hydrogens is 438 g/mol. The van der Waals surface area contributed by atoms with Crippen LogP contribution in [-0.2, 0) is 17.8 Å². The van der Waals surface area contributed by atoms with E-state index in [-0.39, 0.29) is 17.6 Å². The molecule has 0 atom stereocenters. The summed E-state index contributed by atoms with van der Waals surface area (Å²) >= 11 is 1.35. The third-order valence-corrected chi connectivity index (χ3v) is 6.05. The van der Waals surface area contributed by atoms with Crippen LogP contribution in [0.3, 0.4) is 0 Å². The average Bonchev–Trinajstić information content (AvgIpc) is 3.21. The number of ether oxygens (including phenoxy) is 1. The quantitative estimate of drug-likeness (QED) is 0.442. The number of nitrogens with zero attached hydrogens (tertiary/aromatic N) is 3. The topological polar surface area (TPSA) is 98.1 Å². The number of aromatic nitrogens is 3. The van der Waals surface area contributed by atoms with Crippen LogP contribution >= 0.6 is 11.8 Å². The van der Waals surface area contributed by atoms with Crippen molar-refractivity contribution in [3.8, 4) is 5.75 Å². The van der Waals surface area contributed by atoms with Gasteiger partial charge in [0, 0.05) is 30.8 Å². The van der Waals surface area contributed by atoms with E-state index in [9.17, 15) is 9.59 Å². The number of aryl methyl sites for hydroxylation is 2. The highest BCUT2D eigenvalue weighted by Gasteiger charge is 2.14. The van der Waals surface area contributed by atoms with Crippen LogP contribution in [0.15, 0.2) is 47.6 Å². The molecule has 2 aromatic carbocycles. The highest BCUT2D eigenvalue weighted by atomic mass is 32.2. The second kappa shape index (κ2) is 11.5. The molecule has 0 saturated carbocycles. The number of carbonyl (C=O) groups excluding carboxylic acids is 2. The molecule has 0 saturated heterocycles. The van der Waals surface area contributed by atoms with Crippen molar-refractivity contribution in [1.29, 1.82) is 0 Å². The third-order valence-electron chi connectivity index (χ3n) is 5.08. The molecule has 0 aliphatic carbocycles. The lowest BCUT2D eigenvalue weighted by molar-refractivity contribution is -0.113. The molecule has 0 unspecified atom stereocenters. The number of methoxy groups -OCH3 is 1. The van der Waals surface area contributed by atoms with Gasteiger partial charge in [-0.25, -0.2) is 0 Å². The Bertz CT molecular complexity index is 1110. The van der Waals surface area contributed by atoms with E-state index in [1.54, 1.807) is 31.4 Å². The highest BCUT2D eigenvalue weighted by molar-refractivity contribution is 7.99. The first-order chi connectivity index (χ1) is 15.9. The second-order valence-electron chi connectivity index (χ2n) is 7.53. The van der Waals surface area contributed by atoms with Gasteiger partial charge in [0.05, 0.1) is 12.9 Å². The van der Waals surface area contributed by atoms with Gasteiger partial charge in [0.25, 0.3) is 5.91 Å². The SMILES string of the molecule is CCn1c(CCNC(=O)c2ccc(OC)cc2)nnc1SCC(=O)Nc1ccc(C)cc1C. The zero-order valence-electron chi connectivity index (χ0n) is 19.3. The van der Waals surface area contributed by atoms with Crippen LogP contribution in [0, 0.1) is 13.8 Å². The van der Waals surface area contributed by atoms with Gasteiger partial charge in [0.15, 0.2) is 5.16 Å². The molecule has 3 rings (SSSR count). The van der Waals surface area contributed by atoms with Crippen molar-refractivity contribution in [2.24, 2.45) is 0 Å². The van der Waals surface area contributed by atoms with E-state index in [1.165, 1.54) is 11.8 Å². The number of hydrogen-bond acceptors (Lipinski definition) is 6. The fourth-order valence-corrected chi connectivity index (χ4v) is 4.15. The predicted molar refractivity (Wildman–Crippen MR) is 130 cm³/mol. The molecule has 0 aliphatic rings. The summed E-state index contributed by atoms with van der Waals surface area (Å²) in [7, 11) is 1.59. The molecule has 1 heterocycles. The van der Waals surface area contributed by atoms with Crippen molar-refractivity contribution in [2.45, 2.75) is 38.9 Å². The van der Waals surface area contributed by atoms with E-state index < -0.39 is 0 Å². The Morgan fingerprint density at radius 3 is 2.52 bits per heavy atom. The molecule has 9 heteroatoms. The van der Waals surface area contributed by atoms with Gasteiger partial charge >= 0.3 is 0 Å². The molecule has 0 bridgehead atoms. The molecule has 0 fully saturated rings. The summed E-state index contributed by atoms with van der Waals surface area (Å²) in [5.74, 6) is 1.46. The Balaban J connectivity index is 1.51. The lowest BCUT2D eigenvalue weighted by Gasteiger charge is -2.10. The summed E-state index contributed by atoms with van der Waals surface area (Å²) < 4.78 is 7.08. The van der Waals surface area contributed by atoms with Crippen molar-refractivity contribution in [3.05, 3.63) is 65.0 Å². The predicted octanol–water partition coefficient (Wildman–Crippen LogP) is 3.63. The molecule has 33 heavy (non-hydrogen) atoms. The number of hydrogen-bond donors (Lipinski definition) is 2. The van der Waals surface area contributed by atoms with Crippen molar-refractivity contribution >= 4 is 29.3 Å². The molecule has 174 valence electrons. The minimum atomic E-state index is -0.155. The fourth-order valence-electron chi connectivity index (χ4n) is 3.33. The minimum Gasteiger partial charge on any atom is -0.497 e. The molecular formula is C24H29N5O3S. The Hall–Kier alpha value is -3.33. The van der Waals surface area contributed by atoms with Crippen LogP contribution in [-0.4, -0.2) is 46.0 Å². The van der Waals surface area contributed by atoms with Gasteiger partial charge in [-0.1, -0.05) is 29.5 Å². The number of benzene rings is 2. The van der Waals surface area contributed by atoms with E-state index in [0.29, 0.717) is 36.0 Å². The first-order valence-corrected chi connectivity index (χ1v) is 11.7. The lowest BCUT2D eigenvalue weighted by Crippen LogP contribution is -2.26. The minimum absolute atomic E-state index is 0.0917. The molecule has 0 spiro atoms. The van der Waals surface area contributed by atoms with Gasteiger partial charge in [-0.05, 0) is 56.7 Å². The Kier molecular flexibility index (Phi) is 8.48. The maximum Gasteiger partial charge on any atom is 0.251 e. The molecule has 3 aromatic rings. The lowest BCUT2D eigenvalue weighted by atomic mass is 10.1. The van der Waals surface area contributed by atoms with Gasteiger partial charge in [-0.2, -0.15) is 0 Å². The van der Waals surface area contributed by atoms with Crippen molar-refractivity contribution in [3.63, 3.8) is 0 Å². The first-order valence-electron chi connectivity index (χ1n) is 10.8. The second-order valence-corrected chi connectivity index (χ2v) is 8.48. The molecule has 2 amide bonds. The number of anilines is 1. The van der Waals surface area contributed by atoms with Crippen LogP contribution in [0.4, 0.5) is 5.69 Å². The number of rotatable bonds is 10. The van der Waals surface area contributed by atoms with Crippen molar-refractivity contribution < 1.29 is 14.3 Å². The fraction of sp³-hybridized carbons (Fsp3) is 0.333. The number of amides is 2. The number of nitrogens with one attached hydrogen (secondary N) is 2. The molecule has 0 radical (unpaired) electrons. The molecule has 2 N–H and O–H groups in total. The Morgan fingerprint density at radius 1 is 1.09 bits per heavy atom. The van der Waals surface area contributed by atoms with Gasteiger partial charge < -0.3 is 19.9 Å². The van der Waals surface area contributed by atoms with Gasteiger partial charge in [-0.3, -0.25) is 9.59 Å². The third kappa shape index (κ3) is 6.58. The van der Waals surface area contributed by atoms with Crippen LogP contribution in [0.2, 0.25) is 0 Å². The summed E-state index contributed by atoms with van der Waals surface area (Å²) in [4.78, 5) is 24.7. The summed E-state index contributed by atoms with van der Waals surface area (Å²) in [5, 5.41) is 15.0. The summed E-state index contributed by atoms with van der Waals surface area (Å²) in [6.07, 6.45) is 0.540. The average molecular weight is 468 g/mol. The maximum absolute atomic E-state index is 12.4. The van der Waals surface area contributed by atoms with Gasteiger partial charge in [0.1, 0.15) is 11.6 Å².